The van der Waals surface area contributed by atoms with E-state index < -0.39 is 0 Å². The molecule has 0 spiro atoms. The van der Waals surface area contributed by atoms with Crippen LogP contribution in [0.3, 0.4) is 0 Å². The van der Waals surface area contributed by atoms with Gasteiger partial charge in [-0.05, 0) is 42.5 Å². The van der Waals surface area contributed by atoms with E-state index in [1.807, 2.05) is 0 Å². The van der Waals surface area contributed by atoms with Gasteiger partial charge in [-0.15, -0.1) is 0 Å². The van der Waals surface area contributed by atoms with Gasteiger partial charge in [0.05, 0.1) is 0 Å². The van der Waals surface area contributed by atoms with Crippen LogP contribution in [0.5, 0.6) is 0 Å². The van der Waals surface area contributed by atoms with Crippen LogP contribution < -0.4 is 0 Å². The van der Waals surface area contributed by atoms with Crippen molar-refractivity contribution in [3.8, 4) is 0 Å². The first kappa shape index (κ1) is 15.6. The number of benzene rings is 1. The molecule has 1 aliphatic carbocycles. The van der Waals surface area contributed by atoms with Crippen molar-refractivity contribution < 1.29 is 13.9 Å². The van der Waals surface area contributed by atoms with Crippen molar-refractivity contribution in [2.75, 3.05) is 7.11 Å². The predicted octanol–water partition coefficient (Wildman–Crippen LogP) is 4.30. The Kier molecular flexibility index (Phi) is 5.73. The number of halogens is 2. The summed E-state index contributed by atoms with van der Waals surface area (Å²) >= 11 is 3.25. The van der Waals surface area contributed by atoms with Gasteiger partial charge in [0.15, 0.2) is 5.78 Å². The molecule has 0 aliphatic heterocycles. The van der Waals surface area contributed by atoms with Gasteiger partial charge >= 0.3 is 0 Å². The van der Waals surface area contributed by atoms with E-state index >= 15 is 0 Å². The van der Waals surface area contributed by atoms with Crippen molar-refractivity contribution >= 4 is 21.7 Å². The molecule has 20 heavy (non-hydrogen) atoms. The van der Waals surface area contributed by atoms with Crippen molar-refractivity contribution in [1.29, 1.82) is 0 Å². The quantitative estimate of drug-likeness (QED) is 0.797. The fourth-order valence-corrected chi connectivity index (χ4v) is 3.55. The van der Waals surface area contributed by atoms with Gasteiger partial charge in [-0.2, -0.15) is 0 Å². The minimum Gasteiger partial charge on any atom is -0.373 e. The van der Waals surface area contributed by atoms with E-state index in [0.29, 0.717) is 16.0 Å². The number of rotatable bonds is 5. The maximum atomic E-state index is 13.3. The van der Waals surface area contributed by atoms with Crippen LogP contribution in [-0.2, 0) is 16.0 Å². The minimum atomic E-state index is -0.350. The summed E-state index contributed by atoms with van der Waals surface area (Å²) in [5, 5.41) is 0. The number of hydrogen-bond donors (Lipinski definition) is 0. The molecule has 1 aromatic carbocycles. The molecular weight excluding hydrogens is 323 g/mol. The average molecular weight is 343 g/mol. The zero-order chi connectivity index (χ0) is 14.5. The van der Waals surface area contributed by atoms with E-state index in [4.69, 9.17) is 4.74 Å². The first-order chi connectivity index (χ1) is 9.60. The van der Waals surface area contributed by atoms with Crippen molar-refractivity contribution in [1.82, 2.24) is 0 Å². The molecule has 1 fully saturated rings. The number of Topliss-reactive ketones (excluding diaryl/α,β-unsaturated/α-hetero) is 1. The topological polar surface area (TPSA) is 26.3 Å². The first-order valence-corrected chi connectivity index (χ1v) is 7.90. The lowest BCUT2D eigenvalue weighted by atomic mass is 9.82. The van der Waals surface area contributed by atoms with Gasteiger partial charge in [-0.1, -0.05) is 35.2 Å². The van der Waals surface area contributed by atoms with Crippen LogP contribution in [0.25, 0.3) is 0 Å². The highest BCUT2D eigenvalue weighted by Crippen LogP contribution is 2.29. The normalized spacial score (nSPS) is 17.9. The highest BCUT2D eigenvalue weighted by molar-refractivity contribution is 9.10. The maximum absolute atomic E-state index is 13.3. The van der Waals surface area contributed by atoms with Crippen molar-refractivity contribution in [2.45, 2.75) is 44.6 Å². The zero-order valence-corrected chi connectivity index (χ0v) is 13.3. The van der Waals surface area contributed by atoms with Crippen molar-refractivity contribution in [3.05, 3.63) is 34.1 Å². The van der Waals surface area contributed by atoms with E-state index in [-0.39, 0.29) is 24.1 Å². The van der Waals surface area contributed by atoms with E-state index in [9.17, 15) is 9.18 Å². The summed E-state index contributed by atoms with van der Waals surface area (Å²) in [4.78, 5) is 12.4. The van der Waals surface area contributed by atoms with Gasteiger partial charge in [-0.25, -0.2) is 4.39 Å². The van der Waals surface area contributed by atoms with Crippen LogP contribution in [-0.4, -0.2) is 19.0 Å². The molecule has 4 heteroatoms. The molecule has 110 valence electrons. The second-order valence-electron chi connectivity index (χ2n) is 5.48. The van der Waals surface area contributed by atoms with Gasteiger partial charge in [0.25, 0.3) is 0 Å². The molecule has 0 radical (unpaired) electrons. The Morgan fingerprint density at radius 3 is 2.65 bits per heavy atom. The average Bonchev–Trinajstić information content (AvgIpc) is 2.39. The number of carbonyl (C=O) groups excluding carboxylic acids is 1. The van der Waals surface area contributed by atoms with Crippen molar-refractivity contribution in [3.63, 3.8) is 0 Å². The second-order valence-corrected chi connectivity index (χ2v) is 6.39. The number of carbonyl (C=O) groups is 1. The van der Waals surface area contributed by atoms with Gasteiger partial charge < -0.3 is 4.74 Å². The molecule has 1 aliphatic rings. The molecule has 0 N–H and O–H groups in total. The summed E-state index contributed by atoms with van der Waals surface area (Å²) in [5.74, 6) is 0.0453. The summed E-state index contributed by atoms with van der Waals surface area (Å²) in [7, 11) is 1.60. The summed E-state index contributed by atoms with van der Waals surface area (Å²) in [5.41, 5.74) is 0.694. The van der Waals surface area contributed by atoms with Gasteiger partial charge in [0.1, 0.15) is 11.9 Å². The molecule has 2 nitrogen and oxygen atoms in total. The second kappa shape index (κ2) is 7.32. The van der Waals surface area contributed by atoms with Gasteiger partial charge in [0, 0.05) is 18.0 Å². The molecule has 1 aromatic rings. The van der Waals surface area contributed by atoms with Crippen LogP contribution in [0.15, 0.2) is 22.7 Å². The summed E-state index contributed by atoms with van der Waals surface area (Å²) < 4.78 is 19.4. The fourth-order valence-electron chi connectivity index (χ4n) is 3.04. The summed E-state index contributed by atoms with van der Waals surface area (Å²) in [6, 6.07) is 4.59. The third-order valence-corrected chi connectivity index (χ3v) is 4.41. The van der Waals surface area contributed by atoms with Crippen LogP contribution in [0, 0.1) is 11.7 Å². The van der Waals surface area contributed by atoms with Crippen LogP contribution in [0.4, 0.5) is 4.39 Å². The first-order valence-electron chi connectivity index (χ1n) is 7.10. The van der Waals surface area contributed by atoms with E-state index in [2.05, 4.69) is 15.9 Å². The Hall–Kier alpha value is -0.740. The SMILES string of the molecule is COC(C(=O)Cc1cc(F)cc(Br)c1)C1CCCCC1. The summed E-state index contributed by atoms with van der Waals surface area (Å²) in [6.07, 6.45) is 5.57. The third-order valence-electron chi connectivity index (χ3n) is 3.95. The number of hydrogen-bond acceptors (Lipinski definition) is 2. The largest absolute Gasteiger partial charge is 0.373 e. The lowest BCUT2D eigenvalue weighted by Crippen LogP contribution is -2.34. The lowest BCUT2D eigenvalue weighted by molar-refractivity contribution is -0.132. The Labute approximate surface area is 127 Å². The number of ketones is 1. The maximum Gasteiger partial charge on any atom is 0.166 e. The summed E-state index contributed by atoms with van der Waals surface area (Å²) in [6.45, 7) is 0. The van der Waals surface area contributed by atoms with E-state index in [0.717, 1.165) is 12.8 Å². The molecular formula is C16H20BrFO2. The van der Waals surface area contributed by atoms with Crippen LogP contribution >= 0.6 is 15.9 Å². The third kappa shape index (κ3) is 4.13. The Morgan fingerprint density at radius 2 is 2.05 bits per heavy atom. The Bertz CT molecular complexity index is 449. The smallest absolute Gasteiger partial charge is 0.166 e. The predicted molar refractivity (Wildman–Crippen MR) is 80.2 cm³/mol. The standard InChI is InChI=1S/C16H20BrFO2/c1-20-16(12-5-3-2-4-6-12)15(19)9-11-7-13(17)10-14(18)8-11/h7-8,10,12,16H,2-6,9H2,1H3. The van der Waals surface area contributed by atoms with E-state index in [1.165, 1.54) is 31.4 Å². The lowest BCUT2D eigenvalue weighted by Gasteiger charge is -2.28. The molecule has 0 saturated heterocycles. The monoisotopic (exact) mass is 342 g/mol. The van der Waals surface area contributed by atoms with Gasteiger partial charge in [0.2, 0.25) is 0 Å². The van der Waals surface area contributed by atoms with Crippen LogP contribution in [0.2, 0.25) is 0 Å². The fraction of sp³-hybridized carbons (Fsp3) is 0.562. The molecule has 2 rings (SSSR count). The Morgan fingerprint density at radius 1 is 1.35 bits per heavy atom. The minimum absolute atomic E-state index is 0.0527. The molecule has 0 aromatic heterocycles. The number of methoxy groups -OCH3 is 1. The highest BCUT2D eigenvalue weighted by atomic mass is 79.9. The number of ether oxygens (including phenoxy) is 1. The molecule has 1 atom stereocenters. The van der Waals surface area contributed by atoms with Crippen molar-refractivity contribution in [2.24, 2.45) is 5.92 Å². The molecule has 0 amide bonds. The van der Waals surface area contributed by atoms with E-state index in [1.54, 1.807) is 13.2 Å². The highest BCUT2D eigenvalue weighted by Gasteiger charge is 2.29. The molecule has 0 heterocycles. The van der Waals surface area contributed by atoms with Gasteiger partial charge in [-0.3, -0.25) is 4.79 Å². The van der Waals surface area contributed by atoms with Crippen LogP contribution in [0.1, 0.15) is 37.7 Å². The molecule has 1 unspecified atom stereocenters. The zero-order valence-electron chi connectivity index (χ0n) is 11.7. The molecule has 1 saturated carbocycles. The Balaban J connectivity index is 2.04. The molecule has 0 bridgehead atoms.